The molecule has 49 heavy (non-hydrogen) atoms. The number of carbonyl (C=O) groups is 1. The van der Waals surface area contributed by atoms with E-state index >= 15 is 0 Å². The van der Waals surface area contributed by atoms with Crippen LogP contribution in [0.4, 0.5) is 11.4 Å². The van der Waals surface area contributed by atoms with Crippen molar-refractivity contribution in [3.63, 3.8) is 0 Å². The molecule has 3 aromatic carbocycles. The molecule has 1 saturated heterocycles. The zero-order chi connectivity index (χ0) is 34.6. The minimum Gasteiger partial charge on any atom is -0.491 e. The number of imidazole rings is 1. The van der Waals surface area contributed by atoms with Gasteiger partial charge in [-0.2, -0.15) is 0 Å². The summed E-state index contributed by atoms with van der Waals surface area (Å²) in [4.78, 5) is 20.7. The van der Waals surface area contributed by atoms with E-state index in [0.29, 0.717) is 41.0 Å². The summed E-state index contributed by atoms with van der Waals surface area (Å²) in [5.41, 5.74) is 6.52. The van der Waals surface area contributed by atoms with Gasteiger partial charge in [0.1, 0.15) is 12.4 Å². The van der Waals surface area contributed by atoms with Crippen molar-refractivity contribution in [1.82, 2.24) is 9.55 Å². The van der Waals surface area contributed by atoms with E-state index in [0.717, 1.165) is 85.7 Å². The standard InChI is InChI=1S/C40H50N4O4S/c1-5-7-21-47-22-23-48-37-13-8-32(9-14-37)33-10-17-39(43-20-18-30(3)27-43)34(25-33)24-31(4)40(45)42-35-11-15-38(16-12-35)49(46)28-36-26-41-29-44(36)19-6-2/h8-17,24-26,29-30H,5-7,18-23,27-28H2,1-4H3,(H,42,45)/t30?,49-/m0/s1. The zero-order valence-electron chi connectivity index (χ0n) is 29.3. The molecule has 260 valence electrons. The average Bonchev–Trinajstić information content (AvgIpc) is 3.75. The molecule has 5 rings (SSSR count). The first-order valence-corrected chi connectivity index (χ1v) is 18.8. The molecule has 0 radical (unpaired) electrons. The lowest BCUT2D eigenvalue weighted by molar-refractivity contribution is -0.112. The first-order valence-electron chi connectivity index (χ1n) is 17.5. The Kier molecular flexibility index (Phi) is 13.2. The maximum atomic E-state index is 13.4. The van der Waals surface area contributed by atoms with Crippen molar-refractivity contribution in [3.05, 3.63) is 96.1 Å². The van der Waals surface area contributed by atoms with E-state index in [1.165, 1.54) is 0 Å². The molecule has 8 nitrogen and oxygen atoms in total. The molecule has 1 fully saturated rings. The summed E-state index contributed by atoms with van der Waals surface area (Å²) in [5.74, 6) is 1.67. The van der Waals surface area contributed by atoms with Crippen LogP contribution in [0.25, 0.3) is 17.2 Å². The van der Waals surface area contributed by atoms with Crippen molar-refractivity contribution in [2.24, 2.45) is 5.92 Å². The van der Waals surface area contributed by atoms with Gasteiger partial charge in [-0.3, -0.25) is 9.00 Å². The molecule has 0 bridgehead atoms. The number of carbonyl (C=O) groups excluding carboxylic acids is 1. The van der Waals surface area contributed by atoms with Crippen LogP contribution in [0.5, 0.6) is 5.75 Å². The van der Waals surface area contributed by atoms with Crippen LogP contribution in [-0.4, -0.2) is 52.6 Å². The Morgan fingerprint density at radius 3 is 2.49 bits per heavy atom. The highest BCUT2D eigenvalue weighted by Crippen LogP contribution is 2.33. The second-order valence-electron chi connectivity index (χ2n) is 12.8. The van der Waals surface area contributed by atoms with Crippen LogP contribution in [0.3, 0.4) is 0 Å². The molecule has 9 heteroatoms. The Bertz CT molecular complexity index is 1720. The van der Waals surface area contributed by atoms with Crippen LogP contribution < -0.4 is 15.0 Å². The van der Waals surface area contributed by atoms with E-state index in [4.69, 9.17) is 9.47 Å². The summed E-state index contributed by atoms with van der Waals surface area (Å²) < 4.78 is 26.6. The van der Waals surface area contributed by atoms with Gasteiger partial charge in [-0.05, 0) is 103 Å². The van der Waals surface area contributed by atoms with E-state index in [1.54, 1.807) is 12.5 Å². The summed E-state index contributed by atoms with van der Waals surface area (Å²) in [6, 6.07) is 21.9. The minimum atomic E-state index is -1.21. The number of nitrogens with one attached hydrogen (secondary N) is 1. The van der Waals surface area contributed by atoms with Gasteiger partial charge in [-0.25, -0.2) is 4.98 Å². The maximum Gasteiger partial charge on any atom is 0.251 e. The number of amides is 1. The molecule has 1 amide bonds. The van der Waals surface area contributed by atoms with Crippen molar-refractivity contribution in [2.75, 3.05) is 43.1 Å². The van der Waals surface area contributed by atoms with Crippen LogP contribution in [0.2, 0.25) is 0 Å². The second-order valence-corrected chi connectivity index (χ2v) is 14.3. The van der Waals surface area contributed by atoms with Gasteiger partial charge in [0.05, 0.1) is 35.2 Å². The van der Waals surface area contributed by atoms with E-state index in [-0.39, 0.29) is 5.91 Å². The molecule has 1 aliphatic heterocycles. The molecular formula is C40H50N4O4S. The van der Waals surface area contributed by atoms with Crippen LogP contribution >= 0.6 is 0 Å². The van der Waals surface area contributed by atoms with Crippen LogP contribution in [0, 0.1) is 5.92 Å². The van der Waals surface area contributed by atoms with Gasteiger partial charge in [0.15, 0.2) is 0 Å². The number of benzene rings is 3. The summed E-state index contributed by atoms with van der Waals surface area (Å²) >= 11 is 0. The lowest BCUT2D eigenvalue weighted by Gasteiger charge is -2.22. The number of hydrogen-bond donors (Lipinski definition) is 1. The smallest absolute Gasteiger partial charge is 0.251 e. The quantitative estimate of drug-likeness (QED) is 0.0890. The fourth-order valence-corrected chi connectivity index (χ4v) is 7.06. The van der Waals surface area contributed by atoms with E-state index < -0.39 is 10.8 Å². The molecule has 1 N–H and O–H groups in total. The summed E-state index contributed by atoms with van der Waals surface area (Å²) in [5, 5.41) is 3.02. The number of anilines is 2. The van der Waals surface area contributed by atoms with Crippen molar-refractivity contribution >= 4 is 34.2 Å². The molecule has 4 aromatic rings. The zero-order valence-corrected chi connectivity index (χ0v) is 30.1. The molecule has 0 spiro atoms. The number of hydrogen-bond acceptors (Lipinski definition) is 6. The number of unbranched alkanes of at least 4 members (excludes halogenated alkanes) is 1. The summed E-state index contributed by atoms with van der Waals surface area (Å²) in [6.45, 7) is 13.1. The fraction of sp³-hybridized carbons (Fsp3) is 0.400. The van der Waals surface area contributed by atoms with E-state index in [2.05, 4.69) is 66.3 Å². The molecule has 1 unspecified atom stereocenters. The molecule has 1 aromatic heterocycles. The number of aromatic nitrogens is 2. The third-order valence-corrected chi connectivity index (χ3v) is 10.1. The van der Waals surface area contributed by atoms with Gasteiger partial charge in [0.2, 0.25) is 0 Å². The van der Waals surface area contributed by atoms with Gasteiger partial charge in [0, 0.05) is 54.3 Å². The maximum absolute atomic E-state index is 13.4. The van der Waals surface area contributed by atoms with Gasteiger partial charge in [-0.15, -0.1) is 0 Å². The molecule has 1 aliphatic rings. The predicted molar refractivity (Wildman–Crippen MR) is 200 cm³/mol. The van der Waals surface area contributed by atoms with Crippen LogP contribution in [-0.2, 0) is 32.6 Å². The Morgan fingerprint density at radius 2 is 1.78 bits per heavy atom. The highest BCUT2D eigenvalue weighted by Gasteiger charge is 2.21. The molecule has 2 atom stereocenters. The first kappa shape index (κ1) is 36.1. The Balaban J connectivity index is 1.27. The Hall–Kier alpha value is -4.21. The molecule has 0 saturated carbocycles. The fourth-order valence-electron chi connectivity index (χ4n) is 5.95. The monoisotopic (exact) mass is 682 g/mol. The topological polar surface area (TPSA) is 85.7 Å². The number of ether oxygens (including phenoxy) is 2. The van der Waals surface area contributed by atoms with Gasteiger partial charge in [0.25, 0.3) is 5.91 Å². The minimum absolute atomic E-state index is 0.177. The SMILES string of the molecule is CCCCOCCOc1ccc(-c2ccc(N3CCC(C)C3)c(C=C(C)C(=O)Nc3ccc([S@@](=O)Cc4cncn4CCC)cc3)c2)cc1. The van der Waals surface area contributed by atoms with Gasteiger partial charge < -0.3 is 24.3 Å². The molecular weight excluding hydrogens is 633 g/mol. The normalized spacial score (nSPS) is 15.4. The number of aryl methyl sites for hydroxylation is 1. The highest BCUT2D eigenvalue weighted by atomic mass is 32.2. The predicted octanol–water partition coefficient (Wildman–Crippen LogP) is 8.35. The molecule has 2 heterocycles. The largest absolute Gasteiger partial charge is 0.491 e. The van der Waals surface area contributed by atoms with Crippen molar-refractivity contribution in [3.8, 4) is 16.9 Å². The number of rotatable bonds is 17. The van der Waals surface area contributed by atoms with Crippen molar-refractivity contribution in [2.45, 2.75) is 70.6 Å². The Labute approximate surface area is 294 Å². The number of nitrogens with zero attached hydrogens (tertiary/aromatic N) is 3. The van der Waals surface area contributed by atoms with E-state index in [9.17, 15) is 9.00 Å². The van der Waals surface area contributed by atoms with Gasteiger partial charge >= 0.3 is 0 Å². The molecule has 0 aliphatic carbocycles. The second kappa shape index (κ2) is 18.0. The van der Waals surface area contributed by atoms with Crippen molar-refractivity contribution in [1.29, 1.82) is 0 Å². The Morgan fingerprint density at radius 1 is 1.00 bits per heavy atom. The first-order chi connectivity index (χ1) is 23.8. The van der Waals surface area contributed by atoms with Crippen LogP contribution in [0.1, 0.15) is 64.6 Å². The van der Waals surface area contributed by atoms with Gasteiger partial charge in [-0.1, -0.05) is 45.4 Å². The third-order valence-electron chi connectivity index (χ3n) is 8.77. The van der Waals surface area contributed by atoms with Crippen molar-refractivity contribution < 1.29 is 18.5 Å². The van der Waals surface area contributed by atoms with E-state index in [1.807, 2.05) is 54.0 Å². The third kappa shape index (κ3) is 10.2. The lowest BCUT2D eigenvalue weighted by Crippen LogP contribution is -2.20. The summed E-state index contributed by atoms with van der Waals surface area (Å²) in [6.07, 6.45) is 9.88. The summed E-state index contributed by atoms with van der Waals surface area (Å²) in [7, 11) is -1.21. The average molecular weight is 683 g/mol. The van der Waals surface area contributed by atoms with Crippen LogP contribution in [0.15, 0.2) is 89.7 Å². The highest BCUT2D eigenvalue weighted by molar-refractivity contribution is 7.84. The lowest BCUT2D eigenvalue weighted by atomic mass is 9.99.